The summed E-state index contributed by atoms with van der Waals surface area (Å²) in [5.74, 6) is 1.40. The molecule has 0 unspecified atom stereocenters. The number of amidine groups is 1. The fraction of sp³-hybridized carbons (Fsp3) is 0.462. The van der Waals surface area contributed by atoms with Crippen molar-refractivity contribution >= 4 is 21.8 Å². The van der Waals surface area contributed by atoms with Crippen LogP contribution in [0.15, 0.2) is 27.8 Å². The van der Waals surface area contributed by atoms with Crippen LogP contribution in [0.3, 0.4) is 0 Å². The minimum Gasteiger partial charge on any atom is -0.493 e. The zero-order valence-corrected chi connectivity index (χ0v) is 12.1. The van der Waals surface area contributed by atoms with E-state index in [2.05, 4.69) is 21.1 Å². The molecule has 6 heteroatoms. The molecule has 1 aromatic carbocycles. The van der Waals surface area contributed by atoms with Gasteiger partial charge in [0.1, 0.15) is 5.75 Å². The number of hydrogen-bond acceptors (Lipinski definition) is 4. The molecule has 1 aliphatic heterocycles. The molecule has 0 atom stereocenters. The van der Waals surface area contributed by atoms with E-state index < -0.39 is 0 Å². The van der Waals surface area contributed by atoms with Gasteiger partial charge in [0.25, 0.3) is 0 Å². The Hall–Kier alpha value is -1.27. The zero-order chi connectivity index (χ0) is 13.7. The first kappa shape index (κ1) is 14.1. The minimum atomic E-state index is 0.0721. The zero-order valence-electron chi connectivity index (χ0n) is 10.5. The molecule has 0 amide bonds. The van der Waals surface area contributed by atoms with Crippen LogP contribution < -0.4 is 10.5 Å². The van der Waals surface area contributed by atoms with Crippen molar-refractivity contribution in [3.63, 3.8) is 0 Å². The lowest BCUT2D eigenvalue weighted by Gasteiger charge is -2.22. The van der Waals surface area contributed by atoms with E-state index in [-0.39, 0.29) is 5.84 Å². The highest BCUT2D eigenvalue weighted by molar-refractivity contribution is 9.10. The Balaban J connectivity index is 1.96. The lowest BCUT2D eigenvalue weighted by Crippen LogP contribution is -2.21. The molecule has 0 radical (unpaired) electrons. The second-order valence-electron chi connectivity index (χ2n) is 4.49. The van der Waals surface area contributed by atoms with Crippen molar-refractivity contribution in [1.82, 2.24) is 0 Å². The maximum atomic E-state index is 8.65. The summed E-state index contributed by atoms with van der Waals surface area (Å²) in [6, 6.07) is 5.41. The minimum absolute atomic E-state index is 0.0721. The van der Waals surface area contributed by atoms with Crippen molar-refractivity contribution < 1.29 is 14.7 Å². The molecule has 1 heterocycles. The molecule has 1 fully saturated rings. The van der Waals surface area contributed by atoms with E-state index in [1.165, 1.54) is 0 Å². The van der Waals surface area contributed by atoms with Crippen LogP contribution in [0.5, 0.6) is 5.75 Å². The van der Waals surface area contributed by atoms with Crippen LogP contribution in [0.2, 0.25) is 0 Å². The summed E-state index contributed by atoms with van der Waals surface area (Å²) >= 11 is 3.38. The third kappa shape index (κ3) is 3.84. The maximum Gasteiger partial charge on any atom is 0.171 e. The lowest BCUT2D eigenvalue weighted by atomic mass is 10.0. The Morgan fingerprint density at radius 1 is 1.47 bits per heavy atom. The van der Waals surface area contributed by atoms with E-state index in [1.807, 2.05) is 12.1 Å². The van der Waals surface area contributed by atoms with Gasteiger partial charge in [-0.15, -0.1) is 0 Å². The van der Waals surface area contributed by atoms with E-state index in [0.717, 1.165) is 36.3 Å². The number of rotatable bonds is 4. The fourth-order valence-electron chi connectivity index (χ4n) is 1.97. The first-order chi connectivity index (χ1) is 9.20. The van der Waals surface area contributed by atoms with Gasteiger partial charge in [-0.05, 0) is 52.9 Å². The summed E-state index contributed by atoms with van der Waals surface area (Å²) < 4.78 is 11.8. The molecule has 19 heavy (non-hydrogen) atoms. The molecule has 2 rings (SSSR count). The van der Waals surface area contributed by atoms with Gasteiger partial charge >= 0.3 is 0 Å². The van der Waals surface area contributed by atoms with Crippen molar-refractivity contribution in [3.8, 4) is 5.75 Å². The summed E-state index contributed by atoms with van der Waals surface area (Å²) in [4.78, 5) is 0. The Kier molecular flexibility index (Phi) is 5.04. The largest absolute Gasteiger partial charge is 0.493 e. The quantitative estimate of drug-likeness (QED) is 0.385. The molecule has 1 saturated heterocycles. The Morgan fingerprint density at radius 3 is 2.84 bits per heavy atom. The van der Waals surface area contributed by atoms with Gasteiger partial charge in [-0.2, -0.15) is 0 Å². The fourth-order valence-corrected chi connectivity index (χ4v) is 2.54. The summed E-state index contributed by atoms with van der Waals surface area (Å²) in [5, 5.41) is 11.6. The second-order valence-corrected chi connectivity index (χ2v) is 5.35. The van der Waals surface area contributed by atoms with Gasteiger partial charge < -0.3 is 20.4 Å². The molecule has 1 aliphatic rings. The number of benzene rings is 1. The monoisotopic (exact) mass is 328 g/mol. The molecule has 104 valence electrons. The molecule has 5 nitrogen and oxygen atoms in total. The predicted molar refractivity (Wildman–Crippen MR) is 75.7 cm³/mol. The molecule has 0 aliphatic carbocycles. The van der Waals surface area contributed by atoms with Crippen LogP contribution in [-0.4, -0.2) is 30.9 Å². The number of ether oxygens (including phenoxy) is 2. The third-order valence-corrected chi connectivity index (χ3v) is 3.81. The van der Waals surface area contributed by atoms with Crippen molar-refractivity contribution in [3.05, 3.63) is 28.2 Å². The number of hydrogen-bond donors (Lipinski definition) is 2. The van der Waals surface area contributed by atoms with Crippen LogP contribution in [0.1, 0.15) is 18.4 Å². The summed E-state index contributed by atoms with van der Waals surface area (Å²) in [6.07, 6.45) is 2.09. The number of oxime groups is 1. The van der Waals surface area contributed by atoms with E-state index in [9.17, 15) is 0 Å². The van der Waals surface area contributed by atoms with Crippen molar-refractivity contribution in [1.29, 1.82) is 0 Å². The maximum absolute atomic E-state index is 8.65. The second kappa shape index (κ2) is 6.77. The average molecular weight is 329 g/mol. The molecule has 0 saturated carbocycles. The number of nitrogens with two attached hydrogens (primary N) is 1. The molecular formula is C13H17BrN2O3. The molecule has 1 aromatic rings. The lowest BCUT2D eigenvalue weighted by molar-refractivity contribution is 0.0497. The van der Waals surface area contributed by atoms with E-state index >= 15 is 0 Å². The molecule has 0 bridgehead atoms. The van der Waals surface area contributed by atoms with Crippen LogP contribution in [0, 0.1) is 5.92 Å². The van der Waals surface area contributed by atoms with Crippen LogP contribution >= 0.6 is 15.9 Å². The van der Waals surface area contributed by atoms with Gasteiger partial charge in [0.15, 0.2) is 5.84 Å². The standard InChI is InChI=1S/C13H17BrN2O3/c14-12-7-10(1-2-11(12)13(15)16-17)19-8-9-3-5-18-6-4-9/h1-2,7,9,17H,3-6,8H2,(H2,15,16). The van der Waals surface area contributed by atoms with Gasteiger partial charge in [0.05, 0.1) is 6.61 Å². The van der Waals surface area contributed by atoms with Gasteiger partial charge in [-0.1, -0.05) is 5.16 Å². The first-order valence-electron chi connectivity index (χ1n) is 6.18. The van der Waals surface area contributed by atoms with E-state index in [0.29, 0.717) is 18.1 Å². The van der Waals surface area contributed by atoms with E-state index in [1.54, 1.807) is 6.07 Å². The van der Waals surface area contributed by atoms with Gasteiger partial charge in [0.2, 0.25) is 0 Å². The first-order valence-corrected chi connectivity index (χ1v) is 6.98. The molecule has 0 aromatic heterocycles. The summed E-state index contributed by atoms with van der Waals surface area (Å²) in [5.41, 5.74) is 6.19. The van der Waals surface area contributed by atoms with Crippen molar-refractivity contribution in [2.45, 2.75) is 12.8 Å². The van der Waals surface area contributed by atoms with Crippen molar-refractivity contribution in [2.75, 3.05) is 19.8 Å². The van der Waals surface area contributed by atoms with Gasteiger partial charge in [-0.25, -0.2) is 0 Å². The molecular weight excluding hydrogens is 312 g/mol. The third-order valence-electron chi connectivity index (χ3n) is 3.15. The Bertz CT molecular complexity index is 459. The van der Waals surface area contributed by atoms with E-state index in [4.69, 9.17) is 20.4 Å². The summed E-state index contributed by atoms with van der Waals surface area (Å²) in [6.45, 7) is 2.33. The topological polar surface area (TPSA) is 77.1 Å². The SMILES string of the molecule is N/C(=N/O)c1ccc(OCC2CCOCC2)cc1Br. The smallest absolute Gasteiger partial charge is 0.171 e. The van der Waals surface area contributed by atoms with Crippen LogP contribution in [0.25, 0.3) is 0 Å². The molecule has 0 spiro atoms. The predicted octanol–water partition coefficient (Wildman–Crippen LogP) is 2.35. The highest BCUT2D eigenvalue weighted by Crippen LogP contribution is 2.24. The summed E-state index contributed by atoms with van der Waals surface area (Å²) in [7, 11) is 0. The van der Waals surface area contributed by atoms with Gasteiger partial charge in [0, 0.05) is 23.2 Å². The average Bonchev–Trinajstić information content (AvgIpc) is 2.45. The van der Waals surface area contributed by atoms with Crippen molar-refractivity contribution in [2.24, 2.45) is 16.8 Å². The van der Waals surface area contributed by atoms with Gasteiger partial charge in [-0.3, -0.25) is 0 Å². The highest BCUT2D eigenvalue weighted by atomic mass is 79.9. The Labute approximate surface area is 120 Å². The van der Waals surface area contributed by atoms with Crippen LogP contribution in [0.4, 0.5) is 0 Å². The number of nitrogens with zero attached hydrogens (tertiary/aromatic N) is 1. The highest BCUT2D eigenvalue weighted by Gasteiger charge is 2.14. The normalized spacial score (nSPS) is 17.4. The molecule has 3 N–H and O–H groups in total. The number of halogens is 1. The van der Waals surface area contributed by atoms with Crippen LogP contribution in [-0.2, 0) is 4.74 Å². The Morgan fingerprint density at radius 2 is 2.21 bits per heavy atom.